The molecule has 2 rings (SSSR count). The fourth-order valence-corrected chi connectivity index (χ4v) is 2.85. The quantitative estimate of drug-likeness (QED) is 0.612. The van der Waals surface area contributed by atoms with Gasteiger partial charge in [0, 0.05) is 19.5 Å². The van der Waals surface area contributed by atoms with E-state index in [1.807, 2.05) is 0 Å². The number of rotatable bonds is 6. The molecule has 9 heteroatoms. The van der Waals surface area contributed by atoms with Crippen molar-refractivity contribution in [1.82, 2.24) is 10.3 Å². The van der Waals surface area contributed by atoms with E-state index in [9.17, 15) is 17.8 Å². The van der Waals surface area contributed by atoms with E-state index in [2.05, 4.69) is 10.4 Å². The van der Waals surface area contributed by atoms with Crippen molar-refractivity contribution in [1.29, 1.82) is 0 Å². The highest BCUT2D eigenvalue weighted by Crippen LogP contribution is 2.19. The van der Waals surface area contributed by atoms with Gasteiger partial charge in [-0.1, -0.05) is 18.2 Å². The number of benzene rings is 1. The molecule has 1 heterocycles. The normalized spacial score (nSPS) is 14.8. The first kappa shape index (κ1) is 16.4. The Kier molecular flexibility index (Phi) is 5.11. The average Bonchev–Trinajstić information content (AvgIpc) is 2.93. The van der Waals surface area contributed by atoms with Crippen molar-refractivity contribution in [3.63, 3.8) is 0 Å². The van der Waals surface area contributed by atoms with Crippen molar-refractivity contribution in [3.05, 3.63) is 29.8 Å². The number of nitrogens with one attached hydrogen (secondary N) is 1. The number of amides is 1. The summed E-state index contributed by atoms with van der Waals surface area (Å²) in [6.45, 7) is 0.655. The van der Waals surface area contributed by atoms with Crippen LogP contribution in [0.3, 0.4) is 0 Å². The Labute approximate surface area is 128 Å². The van der Waals surface area contributed by atoms with Gasteiger partial charge in [-0.15, -0.1) is 0 Å². The molecule has 0 spiro atoms. The monoisotopic (exact) mass is 327 g/mol. The van der Waals surface area contributed by atoms with E-state index in [4.69, 9.17) is 5.11 Å². The lowest BCUT2D eigenvalue weighted by molar-refractivity contribution is -0.115. The molecule has 1 aliphatic heterocycles. The molecule has 0 bridgehead atoms. The highest BCUT2D eigenvalue weighted by Gasteiger charge is 2.22. The number of hydrogen-bond acceptors (Lipinski definition) is 6. The summed E-state index contributed by atoms with van der Waals surface area (Å²) in [5.74, 6) is -0.348. The molecule has 1 aliphatic rings. The molecule has 0 saturated heterocycles. The zero-order chi connectivity index (χ0) is 16.2. The van der Waals surface area contributed by atoms with E-state index in [1.54, 1.807) is 17.1 Å². The molecule has 0 atom stereocenters. The van der Waals surface area contributed by atoms with Gasteiger partial charge in [0.1, 0.15) is 5.71 Å². The smallest absolute Gasteiger partial charge is 0.294 e. The Morgan fingerprint density at radius 1 is 1.36 bits per heavy atom. The van der Waals surface area contributed by atoms with Gasteiger partial charge in [-0.25, -0.2) is 0 Å². The van der Waals surface area contributed by atoms with E-state index in [1.165, 1.54) is 12.1 Å². The van der Waals surface area contributed by atoms with Crippen molar-refractivity contribution in [3.8, 4) is 0 Å². The largest absolute Gasteiger partial charge is 0.395 e. The first-order valence-electron chi connectivity index (χ1n) is 6.68. The van der Waals surface area contributed by atoms with Crippen LogP contribution in [0.25, 0.3) is 0 Å². The third-order valence-corrected chi connectivity index (χ3v) is 4.09. The molecule has 0 aliphatic carbocycles. The van der Waals surface area contributed by atoms with Crippen molar-refractivity contribution in [2.45, 2.75) is 17.9 Å². The fraction of sp³-hybridized carbons (Fsp3) is 0.385. The van der Waals surface area contributed by atoms with Crippen LogP contribution in [0.15, 0.2) is 34.3 Å². The first-order chi connectivity index (χ1) is 10.4. The SMILES string of the molecule is O=C(NCCO)C1=NN(Cc2ccccc2S(=O)(=O)O)CC1. The number of nitrogens with zero attached hydrogens (tertiary/aromatic N) is 2. The first-order valence-corrected chi connectivity index (χ1v) is 8.12. The predicted molar refractivity (Wildman–Crippen MR) is 78.8 cm³/mol. The Hall–Kier alpha value is -1.97. The lowest BCUT2D eigenvalue weighted by atomic mass is 10.2. The summed E-state index contributed by atoms with van der Waals surface area (Å²) < 4.78 is 31.9. The molecule has 22 heavy (non-hydrogen) atoms. The third kappa shape index (κ3) is 4.03. The zero-order valence-electron chi connectivity index (χ0n) is 11.8. The van der Waals surface area contributed by atoms with Gasteiger partial charge in [0.25, 0.3) is 16.0 Å². The maximum absolute atomic E-state index is 11.7. The molecular weight excluding hydrogens is 310 g/mol. The average molecular weight is 327 g/mol. The van der Waals surface area contributed by atoms with Crippen LogP contribution in [-0.2, 0) is 21.5 Å². The summed E-state index contributed by atoms with van der Waals surface area (Å²) in [5.41, 5.74) is 0.739. The standard InChI is InChI=1S/C13H17N3O5S/c17-8-6-14-13(18)11-5-7-16(15-11)9-10-3-1-2-4-12(10)22(19,20)21/h1-4,17H,5-9H2,(H,14,18)(H,19,20,21). The molecule has 1 aromatic rings. The molecule has 1 aromatic carbocycles. The number of aliphatic hydroxyl groups is 1. The van der Waals surface area contributed by atoms with Crippen LogP contribution >= 0.6 is 0 Å². The molecule has 8 nitrogen and oxygen atoms in total. The maximum atomic E-state index is 11.7. The van der Waals surface area contributed by atoms with Crippen LogP contribution < -0.4 is 5.32 Å². The van der Waals surface area contributed by atoms with Crippen molar-refractivity contribution < 1.29 is 22.9 Å². The minimum atomic E-state index is -4.30. The van der Waals surface area contributed by atoms with Crippen molar-refractivity contribution in [2.75, 3.05) is 19.7 Å². The van der Waals surface area contributed by atoms with Crippen LogP contribution in [0.5, 0.6) is 0 Å². The number of aliphatic hydroxyl groups excluding tert-OH is 1. The number of carbonyl (C=O) groups is 1. The van der Waals surface area contributed by atoms with Gasteiger partial charge in [0.15, 0.2) is 0 Å². The summed E-state index contributed by atoms with van der Waals surface area (Å²) in [6, 6.07) is 6.09. The van der Waals surface area contributed by atoms with Gasteiger partial charge in [-0.2, -0.15) is 13.5 Å². The minimum Gasteiger partial charge on any atom is -0.395 e. The Morgan fingerprint density at radius 2 is 2.09 bits per heavy atom. The highest BCUT2D eigenvalue weighted by atomic mass is 32.2. The molecule has 0 fully saturated rings. The Morgan fingerprint density at radius 3 is 2.77 bits per heavy atom. The van der Waals surface area contributed by atoms with E-state index in [0.717, 1.165) is 0 Å². The van der Waals surface area contributed by atoms with Gasteiger partial charge in [-0.3, -0.25) is 14.4 Å². The fourth-order valence-electron chi connectivity index (χ4n) is 2.13. The lowest BCUT2D eigenvalue weighted by Crippen LogP contribution is -2.32. The van der Waals surface area contributed by atoms with Gasteiger partial charge in [-0.05, 0) is 11.6 Å². The Bertz CT molecular complexity index is 687. The van der Waals surface area contributed by atoms with E-state index < -0.39 is 10.1 Å². The minimum absolute atomic E-state index is 0.148. The van der Waals surface area contributed by atoms with Crippen LogP contribution in [-0.4, -0.2) is 54.4 Å². The number of hydrazone groups is 1. The van der Waals surface area contributed by atoms with Gasteiger partial charge in [0.2, 0.25) is 0 Å². The predicted octanol–water partition coefficient (Wildman–Crippen LogP) is -0.397. The van der Waals surface area contributed by atoms with Crippen LogP contribution in [0.4, 0.5) is 0 Å². The second-order valence-electron chi connectivity index (χ2n) is 4.75. The molecule has 120 valence electrons. The number of hydrogen-bond donors (Lipinski definition) is 3. The zero-order valence-corrected chi connectivity index (χ0v) is 12.6. The third-order valence-electron chi connectivity index (χ3n) is 3.13. The molecule has 0 unspecified atom stereocenters. The topological polar surface area (TPSA) is 119 Å². The summed E-state index contributed by atoms with van der Waals surface area (Å²) in [7, 11) is -4.30. The molecule has 0 aromatic heterocycles. The lowest BCUT2D eigenvalue weighted by Gasteiger charge is -2.15. The molecule has 3 N–H and O–H groups in total. The maximum Gasteiger partial charge on any atom is 0.294 e. The van der Waals surface area contributed by atoms with Gasteiger partial charge >= 0.3 is 0 Å². The van der Waals surface area contributed by atoms with E-state index in [0.29, 0.717) is 24.2 Å². The summed E-state index contributed by atoms with van der Waals surface area (Å²) in [5, 5.41) is 16.9. The van der Waals surface area contributed by atoms with Crippen molar-refractivity contribution >= 4 is 21.7 Å². The van der Waals surface area contributed by atoms with Crippen LogP contribution in [0.1, 0.15) is 12.0 Å². The highest BCUT2D eigenvalue weighted by molar-refractivity contribution is 7.85. The number of carbonyl (C=O) groups excluding carboxylic acids is 1. The molecular formula is C13H17N3O5S. The van der Waals surface area contributed by atoms with Gasteiger partial charge < -0.3 is 10.4 Å². The van der Waals surface area contributed by atoms with Crippen molar-refractivity contribution in [2.24, 2.45) is 5.10 Å². The van der Waals surface area contributed by atoms with Gasteiger partial charge in [0.05, 0.1) is 18.0 Å². The van der Waals surface area contributed by atoms with E-state index >= 15 is 0 Å². The van der Waals surface area contributed by atoms with Crippen LogP contribution in [0.2, 0.25) is 0 Å². The second kappa shape index (κ2) is 6.86. The Balaban J connectivity index is 2.10. The summed E-state index contributed by atoms with van der Waals surface area (Å²) >= 11 is 0. The molecule has 0 saturated carbocycles. The second-order valence-corrected chi connectivity index (χ2v) is 6.14. The summed E-state index contributed by atoms with van der Waals surface area (Å²) in [4.78, 5) is 11.5. The summed E-state index contributed by atoms with van der Waals surface area (Å²) in [6.07, 6.45) is 0.436. The molecule has 0 radical (unpaired) electrons. The molecule has 1 amide bonds. The van der Waals surface area contributed by atoms with Crippen LogP contribution in [0, 0.1) is 0 Å². The van der Waals surface area contributed by atoms with E-state index in [-0.39, 0.29) is 30.5 Å².